The first-order chi connectivity index (χ1) is 15.3. The van der Waals surface area contributed by atoms with Crippen molar-refractivity contribution in [2.45, 2.75) is 51.7 Å². The molecule has 3 unspecified atom stereocenters. The van der Waals surface area contributed by atoms with Gasteiger partial charge in [0, 0.05) is 37.8 Å². The maximum atomic E-state index is 11.6. The van der Waals surface area contributed by atoms with Crippen LogP contribution in [0.25, 0.3) is 0 Å². The third kappa shape index (κ3) is 4.59. The highest BCUT2D eigenvalue weighted by atomic mass is 16.7. The van der Waals surface area contributed by atoms with Gasteiger partial charge in [-0.05, 0) is 37.1 Å². The van der Waals surface area contributed by atoms with Crippen molar-refractivity contribution in [2.75, 3.05) is 13.9 Å². The molecule has 0 radical (unpaired) electrons. The van der Waals surface area contributed by atoms with Gasteiger partial charge >= 0.3 is 11.9 Å². The van der Waals surface area contributed by atoms with Gasteiger partial charge in [-0.25, -0.2) is 0 Å². The van der Waals surface area contributed by atoms with Crippen molar-refractivity contribution in [2.24, 2.45) is 0 Å². The minimum Gasteiger partial charge on any atom is -0.493 e. The standard InChI is InChI=1S/C24H26O8/c1-13(30-14(2)25)19(16-5-6-20-23(8-16)29-12-28-20)10-18-7-17-9-22(27-4)24(31-15(3)26)11-21(17)32-18/h5-6,8-9,11,13,18-19H,7,10,12H2,1-4H3. The van der Waals surface area contributed by atoms with Gasteiger partial charge in [0.1, 0.15) is 18.0 Å². The summed E-state index contributed by atoms with van der Waals surface area (Å²) in [5.74, 6) is 1.92. The summed E-state index contributed by atoms with van der Waals surface area (Å²) in [4.78, 5) is 23.0. The Morgan fingerprint density at radius 2 is 1.81 bits per heavy atom. The van der Waals surface area contributed by atoms with E-state index >= 15 is 0 Å². The second-order valence-electron chi connectivity index (χ2n) is 7.92. The molecule has 2 aromatic carbocycles. The Balaban J connectivity index is 1.56. The molecule has 2 aromatic rings. The molecule has 8 nitrogen and oxygen atoms in total. The zero-order valence-electron chi connectivity index (χ0n) is 18.5. The summed E-state index contributed by atoms with van der Waals surface area (Å²) in [6.07, 6.45) is 0.732. The molecule has 2 aliphatic heterocycles. The Labute approximate surface area is 186 Å². The van der Waals surface area contributed by atoms with E-state index in [2.05, 4.69) is 0 Å². The molecular weight excluding hydrogens is 416 g/mol. The maximum absolute atomic E-state index is 11.6. The van der Waals surface area contributed by atoms with Crippen LogP contribution in [-0.4, -0.2) is 38.0 Å². The van der Waals surface area contributed by atoms with Crippen LogP contribution in [-0.2, 0) is 20.7 Å². The molecule has 170 valence electrons. The average molecular weight is 442 g/mol. The predicted molar refractivity (Wildman–Crippen MR) is 114 cm³/mol. The summed E-state index contributed by atoms with van der Waals surface area (Å²) in [7, 11) is 1.53. The van der Waals surface area contributed by atoms with Crippen molar-refractivity contribution in [1.82, 2.24) is 0 Å². The Kier molecular flexibility index (Phi) is 6.12. The number of methoxy groups -OCH3 is 1. The number of carbonyl (C=O) groups excluding carboxylic acids is 2. The van der Waals surface area contributed by atoms with Crippen LogP contribution < -0.4 is 23.7 Å². The topological polar surface area (TPSA) is 89.5 Å². The molecule has 0 spiro atoms. The van der Waals surface area contributed by atoms with Crippen molar-refractivity contribution >= 4 is 11.9 Å². The molecule has 0 aromatic heterocycles. The number of hydrogen-bond acceptors (Lipinski definition) is 8. The van der Waals surface area contributed by atoms with Crippen LogP contribution >= 0.6 is 0 Å². The first kappa shape index (κ1) is 21.8. The fraction of sp³-hybridized carbons (Fsp3) is 0.417. The molecule has 3 atom stereocenters. The van der Waals surface area contributed by atoms with Gasteiger partial charge in [0.05, 0.1) is 7.11 Å². The van der Waals surface area contributed by atoms with E-state index in [1.54, 1.807) is 6.07 Å². The van der Waals surface area contributed by atoms with Crippen LogP contribution in [0.15, 0.2) is 30.3 Å². The second kappa shape index (κ2) is 8.98. The predicted octanol–water partition coefficient (Wildman–Crippen LogP) is 3.78. The highest BCUT2D eigenvalue weighted by Crippen LogP contribution is 2.43. The summed E-state index contributed by atoms with van der Waals surface area (Å²) >= 11 is 0. The SMILES string of the molecule is COc1cc2c(cc1OC(C)=O)OC(CC(c1ccc3c(c1)OCO3)C(C)OC(C)=O)C2. The van der Waals surface area contributed by atoms with Crippen molar-refractivity contribution in [1.29, 1.82) is 0 Å². The monoisotopic (exact) mass is 442 g/mol. The van der Waals surface area contributed by atoms with Crippen LogP contribution in [0.1, 0.15) is 44.2 Å². The average Bonchev–Trinajstić information content (AvgIpc) is 3.35. The van der Waals surface area contributed by atoms with Crippen LogP contribution in [0.2, 0.25) is 0 Å². The first-order valence-corrected chi connectivity index (χ1v) is 10.5. The second-order valence-corrected chi connectivity index (χ2v) is 7.92. The number of carbonyl (C=O) groups is 2. The summed E-state index contributed by atoms with van der Waals surface area (Å²) < 4.78 is 33.3. The molecule has 4 rings (SSSR count). The maximum Gasteiger partial charge on any atom is 0.308 e. The first-order valence-electron chi connectivity index (χ1n) is 10.5. The van der Waals surface area contributed by atoms with Crippen LogP contribution in [0.3, 0.4) is 0 Å². The molecule has 2 heterocycles. The molecule has 0 aliphatic carbocycles. The highest BCUT2D eigenvalue weighted by molar-refractivity contribution is 5.71. The number of fused-ring (bicyclic) bond motifs is 2. The van der Waals surface area contributed by atoms with Gasteiger partial charge in [0.15, 0.2) is 23.0 Å². The third-order valence-corrected chi connectivity index (χ3v) is 5.60. The Hall–Kier alpha value is -3.42. The van der Waals surface area contributed by atoms with E-state index in [-0.39, 0.29) is 30.9 Å². The molecule has 32 heavy (non-hydrogen) atoms. The van der Waals surface area contributed by atoms with Gasteiger partial charge in [-0.2, -0.15) is 0 Å². The summed E-state index contributed by atoms with van der Waals surface area (Å²) in [6, 6.07) is 9.27. The normalized spacial score (nSPS) is 17.7. The van der Waals surface area contributed by atoms with E-state index < -0.39 is 5.97 Å². The zero-order valence-corrected chi connectivity index (χ0v) is 18.5. The Bertz CT molecular complexity index is 1030. The molecule has 2 aliphatic rings. The van der Waals surface area contributed by atoms with Crippen molar-refractivity contribution in [3.8, 4) is 28.7 Å². The van der Waals surface area contributed by atoms with E-state index in [9.17, 15) is 9.59 Å². The Morgan fingerprint density at radius 3 is 2.53 bits per heavy atom. The summed E-state index contributed by atoms with van der Waals surface area (Å²) in [5.41, 5.74) is 1.94. The third-order valence-electron chi connectivity index (χ3n) is 5.60. The van der Waals surface area contributed by atoms with Gasteiger partial charge in [0.2, 0.25) is 6.79 Å². The highest BCUT2D eigenvalue weighted by Gasteiger charge is 2.32. The molecule has 0 saturated carbocycles. The summed E-state index contributed by atoms with van der Waals surface area (Å²) in [6.45, 7) is 4.80. The number of rotatable bonds is 7. The van der Waals surface area contributed by atoms with E-state index in [1.165, 1.54) is 21.0 Å². The van der Waals surface area contributed by atoms with Gasteiger partial charge < -0.3 is 28.4 Å². The lowest BCUT2D eigenvalue weighted by atomic mass is 9.87. The van der Waals surface area contributed by atoms with E-state index in [4.69, 9.17) is 28.4 Å². The van der Waals surface area contributed by atoms with Crippen molar-refractivity contribution in [3.63, 3.8) is 0 Å². The molecule has 0 fully saturated rings. The van der Waals surface area contributed by atoms with E-state index in [0.717, 1.165) is 11.1 Å². The zero-order chi connectivity index (χ0) is 22.8. The van der Waals surface area contributed by atoms with E-state index in [1.807, 2.05) is 31.2 Å². The minimum absolute atomic E-state index is 0.123. The molecule has 0 N–H and O–H groups in total. The fourth-order valence-electron chi connectivity index (χ4n) is 4.21. The molecular formula is C24H26O8. The molecule has 0 bridgehead atoms. The molecule has 0 amide bonds. The number of benzene rings is 2. The largest absolute Gasteiger partial charge is 0.493 e. The molecule has 8 heteroatoms. The van der Waals surface area contributed by atoms with Gasteiger partial charge in [-0.1, -0.05) is 6.07 Å². The lowest BCUT2D eigenvalue weighted by molar-refractivity contribution is -0.146. The van der Waals surface area contributed by atoms with E-state index in [0.29, 0.717) is 41.6 Å². The van der Waals surface area contributed by atoms with Crippen molar-refractivity contribution < 1.29 is 38.0 Å². The van der Waals surface area contributed by atoms with Crippen LogP contribution in [0, 0.1) is 0 Å². The summed E-state index contributed by atoms with van der Waals surface area (Å²) in [5, 5.41) is 0. The lowest BCUT2D eigenvalue weighted by Crippen LogP contribution is -2.27. The number of esters is 2. The van der Waals surface area contributed by atoms with Gasteiger partial charge in [-0.15, -0.1) is 0 Å². The van der Waals surface area contributed by atoms with Gasteiger partial charge in [0.25, 0.3) is 0 Å². The minimum atomic E-state index is -0.434. The smallest absolute Gasteiger partial charge is 0.308 e. The van der Waals surface area contributed by atoms with Gasteiger partial charge in [-0.3, -0.25) is 9.59 Å². The molecule has 0 saturated heterocycles. The Morgan fingerprint density at radius 1 is 1.03 bits per heavy atom. The van der Waals surface area contributed by atoms with Crippen LogP contribution in [0.4, 0.5) is 0 Å². The van der Waals surface area contributed by atoms with Crippen LogP contribution in [0.5, 0.6) is 28.7 Å². The van der Waals surface area contributed by atoms with Crippen molar-refractivity contribution in [3.05, 3.63) is 41.5 Å². The quantitative estimate of drug-likeness (QED) is 0.473. The number of ether oxygens (including phenoxy) is 6. The number of hydrogen-bond donors (Lipinski definition) is 0. The lowest BCUT2D eigenvalue weighted by Gasteiger charge is -2.26. The fourth-order valence-corrected chi connectivity index (χ4v) is 4.21.